The number of hydrogen-bond donors (Lipinski definition) is 0. The first kappa shape index (κ1) is 14.0. The van der Waals surface area contributed by atoms with Crippen molar-refractivity contribution >= 4 is 51.2 Å². The van der Waals surface area contributed by atoms with Crippen molar-refractivity contribution in [2.45, 2.75) is 12.8 Å². The topological polar surface area (TPSA) is 39.2 Å². The fourth-order valence-electron chi connectivity index (χ4n) is 1.05. The Hall–Kier alpha value is -0.0600. The first-order chi connectivity index (χ1) is 7.47. The van der Waals surface area contributed by atoms with E-state index < -0.39 is 12.4 Å². The van der Waals surface area contributed by atoms with Crippen molar-refractivity contribution in [3.05, 3.63) is 24.6 Å². The van der Waals surface area contributed by atoms with Crippen molar-refractivity contribution in [1.82, 2.24) is 4.98 Å². The predicted octanol–water partition coefficient (Wildman–Crippen LogP) is 2.94. The summed E-state index contributed by atoms with van der Waals surface area (Å²) >= 11 is 3.73. The number of nitrogens with zero attached hydrogens (tertiary/aromatic N) is 1. The number of methoxy groups -OCH3 is 1. The molecule has 3 nitrogen and oxygen atoms in total. The highest BCUT2D eigenvalue weighted by Gasteiger charge is 2.20. The monoisotopic (exact) mass is 453 g/mol. The van der Waals surface area contributed by atoms with Gasteiger partial charge in [-0.2, -0.15) is 0 Å². The number of carbonyl (C=O) groups excluding carboxylic acids is 1. The number of ether oxygens (including phenoxy) is 1. The number of carbonyl (C=O) groups is 1. The van der Waals surface area contributed by atoms with E-state index >= 15 is 0 Å². The van der Waals surface area contributed by atoms with Gasteiger partial charge in [0.25, 0.3) is 6.43 Å². The van der Waals surface area contributed by atoms with Crippen molar-refractivity contribution in [2.75, 3.05) is 7.11 Å². The van der Waals surface area contributed by atoms with E-state index in [2.05, 4.69) is 9.72 Å². The number of rotatable bonds is 3. The van der Waals surface area contributed by atoms with Crippen LogP contribution in [-0.2, 0) is 16.0 Å². The summed E-state index contributed by atoms with van der Waals surface area (Å²) in [7, 11) is 1.26. The van der Waals surface area contributed by atoms with Gasteiger partial charge in [0.15, 0.2) is 0 Å². The molecule has 16 heavy (non-hydrogen) atoms. The molecular weight excluding hydrogens is 446 g/mol. The molecule has 7 heteroatoms. The molecule has 0 unspecified atom stereocenters. The van der Waals surface area contributed by atoms with Crippen LogP contribution < -0.4 is 0 Å². The second-order valence-corrected chi connectivity index (χ2v) is 5.08. The van der Waals surface area contributed by atoms with E-state index in [1.165, 1.54) is 13.3 Å². The fourth-order valence-corrected chi connectivity index (χ4v) is 3.02. The largest absolute Gasteiger partial charge is 0.469 e. The Labute approximate surface area is 118 Å². The number of halogens is 4. The summed E-state index contributed by atoms with van der Waals surface area (Å²) in [4.78, 5) is 14.8. The van der Waals surface area contributed by atoms with Gasteiger partial charge in [0.1, 0.15) is 5.69 Å². The van der Waals surface area contributed by atoms with Gasteiger partial charge in [-0.1, -0.05) is 0 Å². The zero-order valence-corrected chi connectivity index (χ0v) is 12.5. The molecule has 0 N–H and O–H groups in total. The van der Waals surface area contributed by atoms with Gasteiger partial charge >= 0.3 is 5.97 Å². The minimum atomic E-state index is -2.64. The molecule has 0 aromatic carbocycles. The second-order valence-electron chi connectivity index (χ2n) is 2.84. The Kier molecular flexibility index (Phi) is 5.28. The Morgan fingerprint density at radius 3 is 2.69 bits per heavy atom. The number of aromatic nitrogens is 1. The molecule has 0 saturated heterocycles. The van der Waals surface area contributed by atoms with Gasteiger partial charge in [0, 0.05) is 13.3 Å². The normalized spacial score (nSPS) is 10.6. The lowest BCUT2D eigenvalue weighted by molar-refractivity contribution is -0.139. The number of hydrogen-bond acceptors (Lipinski definition) is 3. The van der Waals surface area contributed by atoms with Crippen LogP contribution in [0.25, 0.3) is 0 Å². The Morgan fingerprint density at radius 2 is 2.19 bits per heavy atom. The van der Waals surface area contributed by atoms with Crippen LogP contribution in [0.3, 0.4) is 0 Å². The summed E-state index contributed by atoms with van der Waals surface area (Å²) in [5.74, 6) is -0.456. The van der Waals surface area contributed by atoms with Crippen LogP contribution >= 0.6 is 45.2 Å². The van der Waals surface area contributed by atoms with Crippen LogP contribution in [0.4, 0.5) is 8.78 Å². The lowest BCUT2D eigenvalue weighted by Gasteiger charge is -2.09. The summed E-state index contributed by atoms with van der Waals surface area (Å²) in [5.41, 5.74) is 0.248. The van der Waals surface area contributed by atoms with Gasteiger partial charge in [0.2, 0.25) is 0 Å². The van der Waals surface area contributed by atoms with E-state index in [1.54, 1.807) is 22.6 Å². The van der Waals surface area contributed by atoms with E-state index in [9.17, 15) is 13.6 Å². The quantitative estimate of drug-likeness (QED) is 0.523. The fraction of sp³-hybridized carbons (Fsp3) is 0.333. The molecule has 0 amide bonds. The van der Waals surface area contributed by atoms with E-state index in [1.807, 2.05) is 22.6 Å². The van der Waals surface area contributed by atoms with Crippen LogP contribution in [0.2, 0.25) is 0 Å². The standard InChI is InChI=1S/C9H7F2I2NO2/c1-16-6(15)2-4-5(12)3-14-8(7(4)13)9(10)11/h3,9H,2H2,1H3. The molecule has 1 heterocycles. The van der Waals surface area contributed by atoms with Crippen molar-refractivity contribution in [3.63, 3.8) is 0 Å². The van der Waals surface area contributed by atoms with Crippen LogP contribution in [0.15, 0.2) is 6.20 Å². The average molecular weight is 453 g/mol. The lowest BCUT2D eigenvalue weighted by Crippen LogP contribution is -2.10. The van der Waals surface area contributed by atoms with Crippen LogP contribution in [-0.4, -0.2) is 18.1 Å². The minimum Gasteiger partial charge on any atom is -0.469 e. The molecule has 0 saturated carbocycles. The van der Waals surface area contributed by atoms with Crippen molar-refractivity contribution in [2.24, 2.45) is 0 Å². The predicted molar refractivity (Wildman–Crippen MR) is 70.3 cm³/mol. The maximum absolute atomic E-state index is 12.6. The molecule has 0 aliphatic rings. The lowest BCUT2D eigenvalue weighted by atomic mass is 10.1. The molecular formula is C9H7F2I2NO2. The molecule has 0 aliphatic carbocycles. The third-order valence-electron chi connectivity index (χ3n) is 1.85. The van der Waals surface area contributed by atoms with Gasteiger partial charge in [-0.05, 0) is 50.7 Å². The maximum Gasteiger partial charge on any atom is 0.310 e. The molecule has 1 aromatic heterocycles. The van der Waals surface area contributed by atoms with Gasteiger partial charge in [-0.3, -0.25) is 9.78 Å². The van der Waals surface area contributed by atoms with Crippen molar-refractivity contribution in [3.8, 4) is 0 Å². The molecule has 0 bridgehead atoms. The zero-order chi connectivity index (χ0) is 12.3. The SMILES string of the molecule is COC(=O)Cc1c(I)cnc(C(F)F)c1I. The summed E-state index contributed by atoms with van der Waals surface area (Å²) in [6.45, 7) is 0. The van der Waals surface area contributed by atoms with Crippen LogP contribution in [0.1, 0.15) is 17.7 Å². The van der Waals surface area contributed by atoms with E-state index in [4.69, 9.17) is 0 Å². The average Bonchev–Trinajstić information content (AvgIpc) is 2.23. The minimum absolute atomic E-state index is 0.0186. The number of esters is 1. The third kappa shape index (κ3) is 3.22. The molecule has 0 spiro atoms. The Morgan fingerprint density at radius 1 is 1.56 bits per heavy atom. The van der Waals surface area contributed by atoms with Gasteiger partial charge in [0.05, 0.1) is 13.5 Å². The first-order valence-corrected chi connectivity index (χ1v) is 6.30. The molecule has 1 rings (SSSR count). The zero-order valence-electron chi connectivity index (χ0n) is 8.14. The first-order valence-electron chi connectivity index (χ1n) is 4.15. The third-order valence-corrected chi connectivity index (χ3v) is 3.98. The summed E-state index contributed by atoms with van der Waals surface area (Å²) in [6.07, 6.45) is -1.32. The van der Waals surface area contributed by atoms with E-state index in [0.29, 0.717) is 12.7 Å². The van der Waals surface area contributed by atoms with E-state index in [0.717, 1.165) is 0 Å². The van der Waals surface area contributed by atoms with Crippen molar-refractivity contribution < 1.29 is 18.3 Å². The van der Waals surface area contributed by atoms with Gasteiger partial charge in [-0.15, -0.1) is 0 Å². The second kappa shape index (κ2) is 6.03. The van der Waals surface area contributed by atoms with E-state index in [-0.39, 0.29) is 12.1 Å². The van der Waals surface area contributed by atoms with Gasteiger partial charge < -0.3 is 4.74 Å². The summed E-state index contributed by atoms with van der Waals surface area (Å²) < 4.78 is 30.7. The highest BCUT2D eigenvalue weighted by Crippen LogP contribution is 2.28. The highest BCUT2D eigenvalue weighted by molar-refractivity contribution is 14.1. The summed E-state index contributed by atoms with van der Waals surface area (Å²) in [6, 6.07) is 0. The molecule has 88 valence electrons. The smallest absolute Gasteiger partial charge is 0.310 e. The van der Waals surface area contributed by atoms with Gasteiger partial charge in [-0.25, -0.2) is 8.78 Å². The molecule has 0 radical (unpaired) electrons. The number of alkyl halides is 2. The molecule has 0 aliphatic heterocycles. The highest BCUT2D eigenvalue weighted by atomic mass is 127. The summed E-state index contributed by atoms with van der Waals surface area (Å²) in [5, 5.41) is 0. The maximum atomic E-state index is 12.6. The molecule has 1 aromatic rings. The molecule has 0 fully saturated rings. The number of pyridine rings is 1. The Bertz CT molecular complexity index is 413. The van der Waals surface area contributed by atoms with Crippen LogP contribution in [0.5, 0.6) is 0 Å². The van der Waals surface area contributed by atoms with Crippen molar-refractivity contribution in [1.29, 1.82) is 0 Å². The van der Waals surface area contributed by atoms with Crippen LogP contribution in [0, 0.1) is 7.14 Å². The molecule has 0 atom stereocenters. The Balaban J connectivity index is 3.16.